The molecule has 1 aromatic carbocycles. The number of hydrogen-bond acceptors (Lipinski definition) is 4. The maximum atomic E-state index is 11.7. The van der Waals surface area contributed by atoms with Crippen molar-refractivity contribution in [3.8, 4) is 0 Å². The molecule has 0 saturated heterocycles. The van der Waals surface area contributed by atoms with Gasteiger partial charge in [0.05, 0.1) is 12.1 Å². The minimum Gasteiger partial charge on any atom is -0.368 e. The van der Waals surface area contributed by atoms with Crippen LogP contribution in [0.1, 0.15) is 13.8 Å². The summed E-state index contributed by atoms with van der Waals surface area (Å²) in [6.07, 6.45) is 0. The molecule has 2 N–H and O–H groups in total. The third kappa shape index (κ3) is 4.70. The van der Waals surface area contributed by atoms with Gasteiger partial charge in [0.1, 0.15) is 5.82 Å². The molecule has 0 spiro atoms. The number of hydrogen-bond donors (Lipinski definition) is 2. The fraction of sp³-hybridized carbons (Fsp3) is 0.412. The number of carbonyl (C=O) groups is 1. The van der Waals surface area contributed by atoms with E-state index in [0.717, 1.165) is 16.7 Å². The second kappa shape index (κ2) is 7.75. The molecule has 0 bridgehead atoms. The number of benzene rings is 1. The van der Waals surface area contributed by atoms with Gasteiger partial charge in [-0.2, -0.15) is 0 Å². The summed E-state index contributed by atoms with van der Waals surface area (Å²) in [6, 6.07) is 12.4. The zero-order valence-corrected chi connectivity index (χ0v) is 13.5. The Morgan fingerprint density at radius 1 is 1.18 bits per heavy atom. The summed E-state index contributed by atoms with van der Waals surface area (Å²) >= 11 is 0. The number of aromatic nitrogens is 1. The van der Waals surface area contributed by atoms with Crippen LogP contribution in [0.4, 0.5) is 5.82 Å². The molecular weight excluding hydrogens is 276 g/mol. The van der Waals surface area contributed by atoms with Crippen molar-refractivity contribution < 1.29 is 4.79 Å². The van der Waals surface area contributed by atoms with Crippen LogP contribution >= 0.6 is 0 Å². The number of para-hydroxylation sites is 1. The minimum absolute atomic E-state index is 0.0458. The topological polar surface area (TPSA) is 57.3 Å². The molecule has 22 heavy (non-hydrogen) atoms. The third-order valence-electron chi connectivity index (χ3n) is 3.63. The first-order valence-corrected chi connectivity index (χ1v) is 7.63. The highest BCUT2D eigenvalue weighted by atomic mass is 16.2. The molecule has 0 unspecified atom stereocenters. The quantitative estimate of drug-likeness (QED) is 0.769. The van der Waals surface area contributed by atoms with Crippen molar-refractivity contribution in [2.24, 2.45) is 0 Å². The molecule has 2 aromatic rings. The van der Waals surface area contributed by atoms with E-state index in [1.807, 2.05) is 48.3 Å². The number of pyridine rings is 1. The molecule has 5 heteroatoms. The Morgan fingerprint density at radius 2 is 1.95 bits per heavy atom. The van der Waals surface area contributed by atoms with E-state index in [9.17, 15) is 4.79 Å². The number of amides is 1. The maximum absolute atomic E-state index is 11.7. The summed E-state index contributed by atoms with van der Waals surface area (Å²) in [5.74, 6) is 0.872. The fourth-order valence-corrected chi connectivity index (χ4v) is 2.02. The van der Waals surface area contributed by atoms with Crippen molar-refractivity contribution in [1.82, 2.24) is 15.2 Å². The zero-order chi connectivity index (χ0) is 15.9. The number of anilines is 1. The number of rotatable bonds is 7. The van der Waals surface area contributed by atoms with Crippen LogP contribution < -0.4 is 10.6 Å². The number of fused-ring (bicyclic) bond motifs is 1. The number of likely N-dealkylation sites (N-methyl/N-ethyl adjacent to an activating group) is 1. The van der Waals surface area contributed by atoms with E-state index in [0.29, 0.717) is 25.7 Å². The Hall–Kier alpha value is -2.14. The lowest BCUT2D eigenvalue weighted by molar-refractivity contribution is -0.122. The highest BCUT2D eigenvalue weighted by Gasteiger charge is 2.08. The highest BCUT2D eigenvalue weighted by molar-refractivity contribution is 5.80. The number of carbonyl (C=O) groups excluding carboxylic acids is 1. The van der Waals surface area contributed by atoms with Crippen molar-refractivity contribution in [3.05, 3.63) is 36.4 Å². The molecule has 118 valence electrons. The van der Waals surface area contributed by atoms with Crippen molar-refractivity contribution in [2.45, 2.75) is 19.9 Å². The van der Waals surface area contributed by atoms with E-state index < -0.39 is 0 Å². The molecule has 0 aliphatic heterocycles. The van der Waals surface area contributed by atoms with E-state index in [1.54, 1.807) is 0 Å². The van der Waals surface area contributed by atoms with E-state index in [1.165, 1.54) is 0 Å². The van der Waals surface area contributed by atoms with Crippen LogP contribution in [0, 0.1) is 0 Å². The van der Waals surface area contributed by atoms with Gasteiger partial charge in [-0.05, 0) is 39.1 Å². The lowest BCUT2D eigenvalue weighted by Crippen LogP contribution is -2.39. The molecule has 1 amide bonds. The second-order valence-electron chi connectivity index (χ2n) is 5.67. The van der Waals surface area contributed by atoms with Crippen LogP contribution in [0.3, 0.4) is 0 Å². The molecule has 5 nitrogen and oxygen atoms in total. The summed E-state index contributed by atoms with van der Waals surface area (Å²) in [4.78, 5) is 18.3. The fourth-order valence-electron chi connectivity index (χ4n) is 2.02. The number of nitrogens with one attached hydrogen (secondary N) is 2. The van der Waals surface area contributed by atoms with Crippen LogP contribution in [0.2, 0.25) is 0 Å². The molecule has 0 aliphatic rings. The SMILES string of the molecule is CC(C)N(C)CC(=O)NCCNc1ccc2ccccc2n1. The predicted octanol–water partition coefficient (Wildman–Crippen LogP) is 2.10. The molecule has 0 aliphatic carbocycles. The van der Waals surface area contributed by atoms with Crippen molar-refractivity contribution in [3.63, 3.8) is 0 Å². The zero-order valence-electron chi connectivity index (χ0n) is 13.5. The molecule has 0 saturated carbocycles. The molecule has 0 atom stereocenters. The van der Waals surface area contributed by atoms with Crippen LogP contribution in [0.25, 0.3) is 10.9 Å². The Labute approximate surface area is 131 Å². The van der Waals surface area contributed by atoms with Crippen molar-refractivity contribution in [2.75, 3.05) is 32.0 Å². The standard InChI is InChI=1S/C17H24N4O/c1-13(2)21(3)12-17(22)19-11-10-18-16-9-8-14-6-4-5-7-15(14)20-16/h4-9,13H,10-12H2,1-3H3,(H,18,20)(H,19,22). The second-order valence-corrected chi connectivity index (χ2v) is 5.67. The Bertz CT molecular complexity index is 627. The summed E-state index contributed by atoms with van der Waals surface area (Å²) in [5.41, 5.74) is 0.968. The van der Waals surface area contributed by atoms with Crippen molar-refractivity contribution >= 4 is 22.6 Å². The summed E-state index contributed by atoms with van der Waals surface area (Å²) in [7, 11) is 1.95. The van der Waals surface area contributed by atoms with Gasteiger partial charge >= 0.3 is 0 Å². The lowest BCUT2D eigenvalue weighted by atomic mass is 10.2. The molecular formula is C17H24N4O. The first-order valence-electron chi connectivity index (χ1n) is 7.63. The average Bonchev–Trinajstić information content (AvgIpc) is 2.51. The first-order chi connectivity index (χ1) is 10.6. The van der Waals surface area contributed by atoms with E-state index in [2.05, 4.69) is 29.5 Å². The van der Waals surface area contributed by atoms with E-state index >= 15 is 0 Å². The molecule has 0 radical (unpaired) electrons. The molecule has 0 fully saturated rings. The monoisotopic (exact) mass is 300 g/mol. The Morgan fingerprint density at radius 3 is 2.73 bits per heavy atom. The highest BCUT2D eigenvalue weighted by Crippen LogP contribution is 2.13. The van der Waals surface area contributed by atoms with E-state index in [-0.39, 0.29) is 5.91 Å². The predicted molar refractivity (Wildman–Crippen MR) is 91.0 cm³/mol. The van der Waals surface area contributed by atoms with Gasteiger partial charge in [0.2, 0.25) is 5.91 Å². The lowest BCUT2D eigenvalue weighted by Gasteiger charge is -2.20. The van der Waals surface area contributed by atoms with Gasteiger partial charge < -0.3 is 10.6 Å². The maximum Gasteiger partial charge on any atom is 0.234 e. The van der Waals surface area contributed by atoms with Gasteiger partial charge in [-0.1, -0.05) is 18.2 Å². The third-order valence-corrected chi connectivity index (χ3v) is 3.63. The largest absolute Gasteiger partial charge is 0.368 e. The van der Waals surface area contributed by atoms with Gasteiger partial charge in [0.15, 0.2) is 0 Å². The molecule has 2 rings (SSSR count). The van der Waals surface area contributed by atoms with Gasteiger partial charge in [-0.25, -0.2) is 4.98 Å². The Balaban J connectivity index is 1.75. The van der Waals surface area contributed by atoms with Crippen LogP contribution in [0.15, 0.2) is 36.4 Å². The van der Waals surface area contributed by atoms with Gasteiger partial charge in [-0.3, -0.25) is 9.69 Å². The van der Waals surface area contributed by atoms with Crippen LogP contribution in [0.5, 0.6) is 0 Å². The van der Waals surface area contributed by atoms with Gasteiger partial charge in [0, 0.05) is 24.5 Å². The Kier molecular flexibility index (Phi) is 5.72. The summed E-state index contributed by atoms with van der Waals surface area (Å²) < 4.78 is 0. The van der Waals surface area contributed by atoms with Crippen molar-refractivity contribution in [1.29, 1.82) is 0 Å². The van der Waals surface area contributed by atoms with Gasteiger partial charge in [-0.15, -0.1) is 0 Å². The van der Waals surface area contributed by atoms with Gasteiger partial charge in [0.25, 0.3) is 0 Å². The minimum atomic E-state index is 0.0458. The molecule has 1 heterocycles. The smallest absolute Gasteiger partial charge is 0.234 e. The average molecular weight is 300 g/mol. The van der Waals surface area contributed by atoms with Crippen LogP contribution in [-0.4, -0.2) is 48.5 Å². The van der Waals surface area contributed by atoms with Crippen LogP contribution in [-0.2, 0) is 4.79 Å². The number of nitrogens with zero attached hydrogens (tertiary/aromatic N) is 2. The summed E-state index contributed by atoms with van der Waals surface area (Å²) in [5, 5.41) is 7.26. The normalized spacial score (nSPS) is 11.1. The molecule has 1 aromatic heterocycles. The van der Waals surface area contributed by atoms with E-state index in [4.69, 9.17) is 0 Å². The summed E-state index contributed by atoms with van der Waals surface area (Å²) in [6.45, 7) is 5.80. The first kappa shape index (κ1) is 16.2.